The van der Waals surface area contributed by atoms with Crippen molar-refractivity contribution in [2.75, 3.05) is 13.1 Å². The summed E-state index contributed by atoms with van der Waals surface area (Å²) in [6.07, 6.45) is 3.98. The average molecular weight is 314 g/mol. The number of hydrogen-bond donors (Lipinski definition) is 1. The summed E-state index contributed by atoms with van der Waals surface area (Å²) in [5.74, 6) is -0.501. The lowest BCUT2D eigenvalue weighted by Crippen LogP contribution is -2.34. The maximum Gasteiger partial charge on any atom is 0.325 e. The summed E-state index contributed by atoms with van der Waals surface area (Å²) in [4.78, 5) is 17.7. The Morgan fingerprint density at radius 1 is 1.39 bits per heavy atom. The highest BCUT2D eigenvalue weighted by Gasteiger charge is 2.23. The molecule has 0 bridgehead atoms. The largest absolute Gasteiger partial charge is 0.480 e. The summed E-state index contributed by atoms with van der Waals surface area (Å²) in [5, 5.41) is 13.3. The number of aliphatic carboxylic acids is 1. The van der Waals surface area contributed by atoms with Gasteiger partial charge in [-0.05, 0) is 44.5 Å². The first-order valence-electron chi connectivity index (χ1n) is 8.00. The van der Waals surface area contributed by atoms with Crippen molar-refractivity contribution >= 4 is 5.97 Å². The summed E-state index contributed by atoms with van der Waals surface area (Å²) in [5.41, 5.74) is 3.14. The van der Waals surface area contributed by atoms with Crippen LogP contribution in [0.4, 0.5) is 0 Å². The van der Waals surface area contributed by atoms with Gasteiger partial charge in [0.2, 0.25) is 0 Å². The number of carbonyl (C=O) groups is 1. The molecular weight excluding hydrogens is 292 g/mol. The number of aryl methyl sites for hydroxylation is 1. The summed E-state index contributed by atoms with van der Waals surface area (Å²) in [7, 11) is 0. The van der Waals surface area contributed by atoms with Gasteiger partial charge in [-0.15, -0.1) is 0 Å². The molecule has 23 heavy (non-hydrogen) atoms. The monoisotopic (exact) mass is 314 g/mol. The first-order valence-corrected chi connectivity index (χ1v) is 8.00. The van der Waals surface area contributed by atoms with Gasteiger partial charge in [0.25, 0.3) is 0 Å². The van der Waals surface area contributed by atoms with Gasteiger partial charge in [0.05, 0.1) is 11.4 Å². The molecule has 1 unspecified atom stereocenters. The minimum atomic E-state index is -0.865. The number of likely N-dealkylation sites (tertiary alicyclic amines) is 1. The van der Waals surface area contributed by atoms with E-state index in [1.54, 1.807) is 6.20 Å². The molecular formula is C17H22N4O2. The molecule has 0 saturated carbocycles. The van der Waals surface area contributed by atoms with Crippen LogP contribution in [0, 0.1) is 6.92 Å². The number of carboxylic acid groups (broad SMARTS) is 1. The Morgan fingerprint density at radius 2 is 2.26 bits per heavy atom. The van der Waals surface area contributed by atoms with E-state index >= 15 is 0 Å². The third-order valence-electron chi connectivity index (χ3n) is 4.21. The zero-order chi connectivity index (χ0) is 16.2. The van der Waals surface area contributed by atoms with Gasteiger partial charge in [-0.1, -0.05) is 6.07 Å². The van der Waals surface area contributed by atoms with E-state index in [1.165, 1.54) is 4.68 Å². The van der Waals surface area contributed by atoms with Crippen molar-refractivity contribution in [3.05, 3.63) is 47.5 Å². The van der Waals surface area contributed by atoms with Gasteiger partial charge in [0.1, 0.15) is 6.54 Å². The van der Waals surface area contributed by atoms with Crippen LogP contribution in [0.3, 0.4) is 0 Å². The van der Waals surface area contributed by atoms with Gasteiger partial charge in [0.15, 0.2) is 0 Å². The second kappa shape index (κ2) is 6.91. The maximum atomic E-state index is 10.8. The van der Waals surface area contributed by atoms with E-state index in [0.29, 0.717) is 5.92 Å². The fourth-order valence-electron chi connectivity index (χ4n) is 3.18. The van der Waals surface area contributed by atoms with Crippen LogP contribution in [0.1, 0.15) is 35.8 Å². The van der Waals surface area contributed by atoms with Crippen molar-refractivity contribution in [2.45, 2.75) is 38.8 Å². The highest BCUT2D eigenvalue weighted by Crippen LogP contribution is 2.26. The molecule has 0 spiro atoms. The average Bonchev–Trinajstić information content (AvgIpc) is 2.95. The van der Waals surface area contributed by atoms with Crippen LogP contribution in [0.2, 0.25) is 0 Å². The Labute approximate surface area is 135 Å². The van der Waals surface area contributed by atoms with E-state index in [9.17, 15) is 4.79 Å². The minimum absolute atomic E-state index is 0.0797. The van der Waals surface area contributed by atoms with E-state index in [4.69, 9.17) is 5.11 Å². The minimum Gasteiger partial charge on any atom is -0.480 e. The lowest BCUT2D eigenvalue weighted by atomic mass is 9.95. The topological polar surface area (TPSA) is 71.2 Å². The Hall–Kier alpha value is -2.21. The van der Waals surface area contributed by atoms with Crippen LogP contribution in [0.15, 0.2) is 30.5 Å². The number of pyridine rings is 1. The van der Waals surface area contributed by atoms with Crippen molar-refractivity contribution in [1.29, 1.82) is 0 Å². The van der Waals surface area contributed by atoms with E-state index in [1.807, 2.05) is 25.1 Å². The van der Waals surface area contributed by atoms with Gasteiger partial charge in [-0.25, -0.2) is 0 Å². The van der Waals surface area contributed by atoms with Crippen molar-refractivity contribution in [3.8, 4) is 0 Å². The van der Waals surface area contributed by atoms with Gasteiger partial charge < -0.3 is 5.11 Å². The smallest absolute Gasteiger partial charge is 0.325 e. The van der Waals surface area contributed by atoms with Gasteiger partial charge >= 0.3 is 5.97 Å². The number of hydrogen-bond acceptors (Lipinski definition) is 4. The maximum absolute atomic E-state index is 10.8. The predicted molar refractivity (Wildman–Crippen MR) is 86.1 cm³/mol. The van der Waals surface area contributed by atoms with Crippen LogP contribution in [0.5, 0.6) is 0 Å². The number of carboxylic acids is 1. The third-order valence-corrected chi connectivity index (χ3v) is 4.21. The van der Waals surface area contributed by atoms with Crippen LogP contribution >= 0.6 is 0 Å². The molecule has 3 heterocycles. The third kappa shape index (κ3) is 4.16. The molecule has 0 aliphatic carbocycles. The molecule has 2 aromatic rings. The van der Waals surface area contributed by atoms with Crippen molar-refractivity contribution in [2.24, 2.45) is 0 Å². The second-order valence-corrected chi connectivity index (χ2v) is 6.18. The molecule has 6 heteroatoms. The first-order chi connectivity index (χ1) is 11.1. The summed E-state index contributed by atoms with van der Waals surface area (Å²) >= 11 is 0. The quantitative estimate of drug-likeness (QED) is 0.914. The molecule has 1 saturated heterocycles. The number of piperidine rings is 1. The van der Waals surface area contributed by atoms with E-state index in [-0.39, 0.29) is 6.54 Å². The standard InChI is InChI=1S/C17H22N4O2/c1-13-4-2-6-15(18-13)11-20-8-3-5-14(10-20)16-7-9-21(19-16)12-17(22)23/h2,4,6-7,9,14H,3,5,8,10-12H2,1H3,(H,22,23). The number of nitrogens with zero attached hydrogens (tertiary/aromatic N) is 4. The molecule has 0 amide bonds. The number of aromatic nitrogens is 3. The fraction of sp³-hybridized carbons (Fsp3) is 0.471. The van der Waals surface area contributed by atoms with Crippen LogP contribution in [-0.2, 0) is 17.9 Å². The summed E-state index contributed by atoms with van der Waals surface area (Å²) in [6.45, 7) is 4.80. The first kappa shape index (κ1) is 15.7. The van der Waals surface area contributed by atoms with Gasteiger partial charge in [0, 0.05) is 30.9 Å². The van der Waals surface area contributed by atoms with E-state index < -0.39 is 5.97 Å². The van der Waals surface area contributed by atoms with Crippen molar-refractivity contribution in [1.82, 2.24) is 19.7 Å². The fourth-order valence-corrected chi connectivity index (χ4v) is 3.18. The molecule has 2 aromatic heterocycles. The zero-order valence-electron chi connectivity index (χ0n) is 13.4. The van der Waals surface area contributed by atoms with E-state index in [0.717, 1.165) is 49.6 Å². The highest BCUT2D eigenvalue weighted by molar-refractivity contribution is 5.66. The van der Waals surface area contributed by atoms with Crippen molar-refractivity contribution in [3.63, 3.8) is 0 Å². The van der Waals surface area contributed by atoms with Crippen molar-refractivity contribution < 1.29 is 9.90 Å². The lowest BCUT2D eigenvalue weighted by molar-refractivity contribution is -0.137. The molecule has 6 nitrogen and oxygen atoms in total. The highest BCUT2D eigenvalue weighted by atomic mass is 16.4. The molecule has 1 fully saturated rings. The summed E-state index contributed by atoms with van der Waals surface area (Å²) in [6, 6.07) is 8.07. The number of rotatable bonds is 5. The molecule has 1 atom stereocenters. The van der Waals surface area contributed by atoms with Crippen LogP contribution in [0.25, 0.3) is 0 Å². The van der Waals surface area contributed by atoms with Crippen LogP contribution in [-0.4, -0.2) is 43.8 Å². The second-order valence-electron chi connectivity index (χ2n) is 6.18. The Bertz CT molecular complexity index is 683. The molecule has 122 valence electrons. The zero-order valence-corrected chi connectivity index (χ0v) is 13.4. The summed E-state index contributed by atoms with van der Waals surface area (Å²) < 4.78 is 1.50. The Balaban J connectivity index is 1.63. The SMILES string of the molecule is Cc1cccc(CN2CCCC(c3ccn(CC(=O)O)n3)C2)n1. The van der Waals surface area contributed by atoms with Crippen LogP contribution < -0.4 is 0 Å². The van der Waals surface area contributed by atoms with Gasteiger partial charge in [-0.2, -0.15) is 5.10 Å². The molecule has 1 N–H and O–H groups in total. The molecule has 0 radical (unpaired) electrons. The Kier molecular flexibility index (Phi) is 4.71. The lowest BCUT2D eigenvalue weighted by Gasteiger charge is -2.31. The van der Waals surface area contributed by atoms with Gasteiger partial charge in [-0.3, -0.25) is 19.4 Å². The molecule has 0 aromatic carbocycles. The molecule has 1 aliphatic rings. The Morgan fingerprint density at radius 3 is 3.04 bits per heavy atom. The molecule has 1 aliphatic heterocycles. The van der Waals surface area contributed by atoms with E-state index in [2.05, 4.69) is 21.0 Å². The molecule has 3 rings (SSSR count). The predicted octanol–water partition coefficient (Wildman–Crippen LogP) is 2.05. The normalized spacial score (nSPS) is 18.9.